The summed E-state index contributed by atoms with van der Waals surface area (Å²) in [6.45, 7) is 4.34. The van der Waals surface area contributed by atoms with Crippen molar-refractivity contribution in [3.8, 4) is 5.75 Å². The van der Waals surface area contributed by atoms with Crippen LogP contribution >= 0.6 is 0 Å². The van der Waals surface area contributed by atoms with Crippen LogP contribution in [0.5, 0.6) is 5.75 Å². The molecule has 0 radical (unpaired) electrons. The predicted molar refractivity (Wildman–Crippen MR) is 93.4 cm³/mol. The van der Waals surface area contributed by atoms with Gasteiger partial charge in [0.1, 0.15) is 0 Å². The van der Waals surface area contributed by atoms with Crippen molar-refractivity contribution in [3.05, 3.63) is 70.5 Å². The van der Waals surface area contributed by atoms with Crippen LogP contribution < -0.4 is 4.74 Å². The number of allylic oxidation sites excluding steroid dienone is 2. The van der Waals surface area contributed by atoms with Crippen molar-refractivity contribution in [2.24, 2.45) is 4.99 Å². The second-order valence-electron chi connectivity index (χ2n) is 5.52. The number of ether oxygens (including phenoxy) is 1. The van der Waals surface area contributed by atoms with E-state index >= 15 is 0 Å². The summed E-state index contributed by atoms with van der Waals surface area (Å²) in [5.74, 6) is -0.600. The number of Topliss-reactive ketones (excluding diaryl/α,β-unsaturated/α-hetero) is 1. The zero-order chi connectivity index (χ0) is 17.3. The van der Waals surface area contributed by atoms with Gasteiger partial charge in [0.15, 0.2) is 17.3 Å². The summed E-state index contributed by atoms with van der Waals surface area (Å²) in [4.78, 5) is 17.6. The normalized spacial score (nSPS) is 15.7. The van der Waals surface area contributed by atoms with E-state index in [1.807, 2.05) is 26.0 Å². The van der Waals surface area contributed by atoms with Gasteiger partial charge in [-0.05, 0) is 25.5 Å². The first-order valence-corrected chi connectivity index (χ1v) is 7.82. The molecule has 0 aliphatic heterocycles. The molecular formula is C20H18FNO2. The summed E-state index contributed by atoms with van der Waals surface area (Å²) in [6, 6.07) is 12.1. The molecule has 0 bridgehead atoms. The average molecular weight is 323 g/mol. The SMILES string of the molecule is CCN=C1C(C)=C(c2cccc(OC)c2F)C(=O)c2ccccc21. The monoisotopic (exact) mass is 323 g/mol. The lowest BCUT2D eigenvalue weighted by Gasteiger charge is -2.22. The van der Waals surface area contributed by atoms with Gasteiger partial charge in [-0.1, -0.05) is 36.4 Å². The highest BCUT2D eigenvalue weighted by molar-refractivity contribution is 6.41. The molecule has 0 heterocycles. The van der Waals surface area contributed by atoms with E-state index < -0.39 is 5.82 Å². The maximum atomic E-state index is 14.7. The smallest absolute Gasteiger partial charge is 0.194 e. The quantitative estimate of drug-likeness (QED) is 0.844. The fraction of sp³-hybridized carbons (Fsp3) is 0.200. The Morgan fingerprint density at radius 2 is 1.71 bits per heavy atom. The number of fused-ring (bicyclic) bond motifs is 1. The summed E-state index contributed by atoms with van der Waals surface area (Å²) in [6.07, 6.45) is 0. The van der Waals surface area contributed by atoms with Crippen LogP contribution in [0.2, 0.25) is 0 Å². The zero-order valence-electron chi connectivity index (χ0n) is 13.9. The Morgan fingerprint density at radius 1 is 1.04 bits per heavy atom. The van der Waals surface area contributed by atoms with Gasteiger partial charge in [-0.2, -0.15) is 0 Å². The zero-order valence-corrected chi connectivity index (χ0v) is 13.9. The Balaban J connectivity index is 2.30. The maximum absolute atomic E-state index is 14.7. The first kappa shape index (κ1) is 16.1. The molecule has 0 amide bonds. The van der Waals surface area contributed by atoms with Crippen LogP contribution in [0, 0.1) is 5.82 Å². The van der Waals surface area contributed by atoms with Gasteiger partial charge in [-0.15, -0.1) is 0 Å². The standard InChI is InChI=1S/C20H18FNO2/c1-4-22-19-12(2)17(15-10-7-11-16(24-3)18(15)21)20(23)14-9-6-5-8-13(14)19/h5-11H,4H2,1-3H3. The first-order chi connectivity index (χ1) is 11.6. The summed E-state index contributed by atoms with van der Waals surface area (Å²) >= 11 is 0. The third-order valence-electron chi connectivity index (χ3n) is 4.15. The van der Waals surface area contributed by atoms with E-state index in [2.05, 4.69) is 4.99 Å². The molecule has 0 aromatic heterocycles. The molecule has 0 spiro atoms. The van der Waals surface area contributed by atoms with Crippen molar-refractivity contribution in [2.75, 3.05) is 13.7 Å². The number of benzene rings is 2. The molecule has 3 nitrogen and oxygen atoms in total. The Labute approximate surface area is 140 Å². The number of carbonyl (C=O) groups is 1. The Morgan fingerprint density at radius 3 is 2.38 bits per heavy atom. The lowest BCUT2D eigenvalue weighted by atomic mass is 9.81. The number of ketones is 1. The molecule has 0 N–H and O–H groups in total. The number of nitrogens with zero attached hydrogens (tertiary/aromatic N) is 1. The van der Waals surface area contributed by atoms with Gasteiger partial charge in [0.25, 0.3) is 0 Å². The van der Waals surface area contributed by atoms with Gasteiger partial charge in [0.2, 0.25) is 0 Å². The topological polar surface area (TPSA) is 38.7 Å². The van der Waals surface area contributed by atoms with Gasteiger partial charge in [-0.3, -0.25) is 9.79 Å². The van der Waals surface area contributed by atoms with Crippen LogP contribution in [0.15, 0.2) is 53.0 Å². The second-order valence-corrected chi connectivity index (χ2v) is 5.52. The molecule has 1 aliphatic rings. The number of hydrogen-bond donors (Lipinski definition) is 0. The van der Waals surface area contributed by atoms with E-state index in [0.29, 0.717) is 23.3 Å². The highest BCUT2D eigenvalue weighted by Gasteiger charge is 2.30. The number of aliphatic imine (C=N–C) groups is 1. The Kier molecular flexibility index (Phi) is 4.30. The van der Waals surface area contributed by atoms with E-state index in [0.717, 1.165) is 11.3 Å². The van der Waals surface area contributed by atoms with Crippen molar-refractivity contribution >= 4 is 17.1 Å². The van der Waals surface area contributed by atoms with E-state index in [-0.39, 0.29) is 17.1 Å². The van der Waals surface area contributed by atoms with Crippen LogP contribution in [0.3, 0.4) is 0 Å². The van der Waals surface area contributed by atoms with Gasteiger partial charge < -0.3 is 4.74 Å². The Hall–Kier alpha value is -2.75. The third-order valence-corrected chi connectivity index (χ3v) is 4.15. The number of halogens is 1. The summed E-state index contributed by atoms with van der Waals surface area (Å²) in [5.41, 5.74) is 3.37. The first-order valence-electron chi connectivity index (χ1n) is 7.82. The predicted octanol–water partition coefficient (Wildman–Crippen LogP) is 4.31. The van der Waals surface area contributed by atoms with Crippen LogP contribution in [-0.2, 0) is 0 Å². The van der Waals surface area contributed by atoms with Crippen LogP contribution in [0.25, 0.3) is 5.57 Å². The van der Waals surface area contributed by atoms with E-state index in [1.165, 1.54) is 13.2 Å². The summed E-state index contributed by atoms with van der Waals surface area (Å²) in [5, 5.41) is 0. The largest absolute Gasteiger partial charge is 0.494 e. The molecular weight excluding hydrogens is 305 g/mol. The molecule has 1 aliphatic carbocycles. The van der Waals surface area contributed by atoms with Gasteiger partial charge >= 0.3 is 0 Å². The van der Waals surface area contributed by atoms with E-state index in [1.54, 1.807) is 24.3 Å². The van der Waals surface area contributed by atoms with Crippen molar-refractivity contribution in [3.63, 3.8) is 0 Å². The van der Waals surface area contributed by atoms with Crippen molar-refractivity contribution in [1.29, 1.82) is 0 Å². The number of carbonyl (C=O) groups excluding carboxylic acids is 1. The lowest BCUT2D eigenvalue weighted by Crippen LogP contribution is -2.21. The second kappa shape index (κ2) is 6.40. The highest BCUT2D eigenvalue weighted by atomic mass is 19.1. The molecule has 0 fully saturated rings. The fourth-order valence-electron chi connectivity index (χ4n) is 3.06. The summed E-state index contributed by atoms with van der Waals surface area (Å²) < 4.78 is 19.8. The molecule has 2 aromatic carbocycles. The average Bonchev–Trinajstić information content (AvgIpc) is 2.60. The Bertz CT molecular complexity index is 881. The van der Waals surface area contributed by atoms with Gasteiger partial charge in [0.05, 0.1) is 12.8 Å². The molecule has 2 aromatic rings. The molecule has 3 rings (SSSR count). The van der Waals surface area contributed by atoms with E-state index in [9.17, 15) is 9.18 Å². The number of methoxy groups -OCH3 is 1. The van der Waals surface area contributed by atoms with Crippen molar-refractivity contribution in [1.82, 2.24) is 0 Å². The van der Waals surface area contributed by atoms with Crippen LogP contribution in [0.1, 0.15) is 35.3 Å². The van der Waals surface area contributed by atoms with Crippen molar-refractivity contribution < 1.29 is 13.9 Å². The van der Waals surface area contributed by atoms with E-state index in [4.69, 9.17) is 4.74 Å². The minimum atomic E-state index is -0.530. The van der Waals surface area contributed by atoms with Crippen LogP contribution in [0.4, 0.5) is 4.39 Å². The van der Waals surface area contributed by atoms with Gasteiger partial charge in [-0.25, -0.2) is 4.39 Å². The van der Waals surface area contributed by atoms with Crippen LogP contribution in [-0.4, -0.2) is 25.1 Å². The van der Waals surface area contributed by atoms with Gasteiger partial charge in [0, 0.05) is 28.8 Å². The highest BCUT2D eigenvalue weighted by Crippen LogP contribution is 2.35. The molecule has 0 unspecified atom stereocenters. The number of rotatable bonds is 3. The number of hydrogen-bond acceptors (Lipinski definition) is 3. The lowest BCUT2D eigenvalue weighted by molar-refractivity contribution is 0.105. The molecule has 4 heteroatoms. The molecule has 122 valence electrons. The molecule has 24 heavy (non-hydrogen) atoms. The fourth-order valence-corrected chi connectivity index (χ4v) is 3.06. The maximum Gasteiger partial charge on any atom is 0.194 e. The third kappa shape index (κ3) is 2.44. The molecule has 0 atom stereocenters. The van der Waals surface area contributed by atoms with Crippen molar-refractivity contribution in [2.45, 2.75) is 13.8 Å². The minimum Gasteiger partial charge on any atom is -0.494 e. The summed E-state index contributed by atoms with van der Waals surface area (Å²) in [7, 11) is 1.41. The molecule has 0 saturated carbocycles. The molecule has 0 saturated heterocycles. The minimum absolute atomic E-state index is 0.119.